The van der Waals surface area contributed by atoms with Crippen molar-refractivity contribution in [2.45, 2.75) is 24.5 Å². The number of benzene rings is 3. The van der Waals surface area contributed by atoms with Crippen LogP contribution in [0.1, 0.15) is 32.7 Å². The fourth-order valence-corrected chi connectivity index (χ4v) is 6.55. The van der Waals surface area contributed by atoms with Gasteiger partial charge in [0, 0.05) is 29.4 Å². The van der Waals surface area contributed by atoms with Gasteiger partial charge < -0.3 is 31.3 Å². The number of nitrogens with two attached hydrogens (primary N) is 1. The summed E-state index contributed by atoms with van der Waals surface area (Å²) in [6.07, 6.45) is -1.51. The van der Waals surface area contributed by atoms with Gasteiger partial charge in [-0.2, -0.15) is 0 Å². The Morgan fingerprint density at radius 3 is 2.30 bits per heavy atom. The summed E-state index contributed by atoms with van der Waals surface area (Å²) in [5.74, 6) is -8.47. The number of allylic oxidation sites excluding steroid dienone is 1. The summed E-state index contributed by atoms with van der Waals surface area (Å²) in [5, 5.41) is 56.5. The van der Waals surface area contributed by atoms with Crippen LogP contribution in [0, 0.1) is 11.8 Å². The monoisotopic (exact) mass is 541 g/mol. The molecule has 0 fully saturated rings. The molecule has 0 unspecified atom stereocenters. The number of hydrogen-bond acceptors (Lipinski definition) is 9. The van der Waals surface area contributed by atoms with Gasteiger partial charge in [-0.1, -0.05) is 42.5 Å². The summed E-state index contributed by atoms with van der Waals surface area (Å²) in [7, 11) is 0. The number of aliphatic hydroxyl groups is 4. The third kappa shape index (κ3) is 3.17. The summed E-state index contributed by atoms with van der Waals surface area (Å²) in [5.41, 5.74) is 2.78. The topological polar surface area (TPSA) is 195 Å². The summed E-state index contributed by atoms with van der Waals surface area (Å²) in [4.78, 5) is 50.5. The first-order valence-electron chi connectivity index (χ1n) is 12.5. The number of phenolic OH excluding ortho intramolecular Hbond substituents is 1. The molecule has 10 heteroatoms. The molecule has 4 atom stereocenters. The van der Waals surface area contributed by atoms with Crippen molar-refractivity contribution in [2.24, 2.45) is 17.6 Å². The van der Waals surface area contributed by atoms with Crippen LogP contribution in [0.15, 0.2) is 71.2 Å². The number of aromatic hydroxyl groups is 1. The Kier molecular flexibility index (Phi) is 5.48. The van der Waals surface area contributed by atoms with Crippen molar-refractivity contribution in [1.29, 1.82) is 0 Å². The molecule has 0 aliphatic heterocycles. The molecular weight excluding hydrogens is 518 g/mol. The number of aldehydes is 1. The molecular formula is C30H23NO9. The SMILES string of the molecule is NC(=O)C1=C(O)C[C@@H]2[C@@H](O)[C@@H]3Cc4c(-c5ccc(C=O)c6ccccc56)ccc(O)c4C(=O)C3=C(O)[C@]2(O)C1=O. The number of Topliss-reactive ketones (excluding diaryl/α,β-unsaturated/α-hetero) is 2. The van der Waals surface area contributed by atoms with Crippen molar-refractivity contribution in [3.05, 3.63) is 87.9 Å². The molecule has 3 aromatic rings. The van der Waals surface area contributed by atoms with E-state index < -0.39 is 75.8 Å². The lowest BCUT2D eigenvalue weighted by Crippen LogP contribution is -2.62. The van der Waals surface area contributed by atoms with E-state index in [9.17, 15) is 44.7 Å². The van der Waals surface area contributed by atoms with E-state index in [4.69, 9.17) is 5.73 Å². The third-order valence-corrected chi connectivity index (χ3v) is 8.43. The average molecular weight is 542 g/mol. The molecule has 0 saturated carbocycles. The molecule has 6 rings (SSSR count). The molecule has 202 valence electrons. The summed E-state index contributed by atoms with van der Waals surface area (Å²) < 4.78 is 0. The van der Waals surface area contributed by atoms with Crippen LogP contribution in [0.3, 0.4) is 0 Å². The minimum Gasteiger partial charge on any atom is -0.511 e. The van der Waals surface area contributed by atoms with E-state index in [-0.39, 0.29) is 12.0 Å². The van der Waals surface area contributed by atoms with Crippen LogP contribution < -0.4 is 5.73 Å². The standard InChI is InChI=1S/C30H23NO9/c31-29(39)24-21(34)10-19-25(35)18-9-17-16(15-6-5-12(11-32)13-3-1-2-4-14(13)15)7-8-20(33)22(17)26(36)23(18)27(37)30(19,40)28(24)38/h1-8,11,18-19,25,33-35,37,40H,9-10H2,(H2,31,39)/t18-,19-,25+,30+/m1/s1. The van der Waals surface area contributed by atoms with Gasteiger partial charge in [0.1, 0.15) is 22.8 Å². The molecule has 1 amide bonds. The van der Waals surface area contributed by atoms with E-state index in [1.54, 1.807) is 36.4 Å². The lowest BCUT2D eigenvalue weighted by Gasteiger charge is -2.48. The van der Waals surface area contributed by atoms with E-state index in [2.05, 4.69) is 0 Å². The highest BCUT2D eigenvalue weighted by Crippen LogP contribution is 2.52. The van der Waals surface area contributed by atoms with Gasteiger partial charge in [0.05, 0.1) is 11.7 Å². The molecule has 0 heterocycles. The highest BCUT2D eigenvalue weighted by atomic mass is 16.4. The number of primary amides is 1. The number of phenols is 1. The number of ketones is 2. The Morgan fingerprint density at radius 1 is 0.950 bits per heavy atom. The van der Waals surface area contributed by atoms with E-state index in [0.29, 0.717) is 33.0 Å². The van der Waals surface area contributed by atoms with Crippen LogP contribution in [-0.4, -0.2) is 61.0 Å². The Balaban J connectivity index is 1.58. The zero-order valence-electron chi connectivity index (χ0n) is 20.8. The van der Waals surface area contributed by atoms with Gasteiger partial charge in [-0.05, 0) is 39.9 Å². The van der Waals surface area contributed by atoms with E-state index in [1.165, 1.54) is 6.07 Å². The van der Waals surface area contributed by atoms with E-state index >= 15 is 0 Å². The second kappa shape index (κ2) is 8.60. The molecule has 40 heavy (non-hydrogen) atoms. The molecule has 7 N–H and O–H groups in total. The second-order valence-corrected chi connectivity index (χ2v) is 10.3. The maximum absolute atomic E-state index is 13.9. The molecule has 3 aliphatic carbocycles. The maximum Gasteiger partial charge on any atom is 0.255 e. The smallest absolute Gasteiger partial charge is 0.255 e. The molecule has 0 saturated heterocycles. The van der Waals surface area contributed by atoms with Crippen LogP contribution in [0.2, 0.25) is 0 Å². The highest BCUT2D eigenvalue weighted by molar-refractivity contribution is 6.24. The van der Waals surface area contributed by atoms with Gasteiger partial charge in [0.25, 0.3) is 5.91 Å². The predicted octanol–water partition coefficient (Wildman–Crippen LogP) is 2.18. The van der Waals surface area contributed by atoms with Crippen LogP contribution in [-0.2, 0) is 16.0 Å². The van der Waals surface area contributed by atoms with Gasteiger partial charge in [0.2, 0.25) is 5.78 Å². The number of amides is 1. The van der Waals surface area contributed by atoms with Gasteiger partial charge in [0.15, 0.2) is 17.7 Å². The maximum atomic E-state index is 13.9. The van der Waals surface area contributed by atoms with Gasteiger partial charge >= 0.3 is 0 Å². The summed E-state index contributed by atoms with van der Waals surface area (Å²) >= 11 is 0. The lowest BCUT2D eigenvalue weighted by atomic mass is 9.58. The molecule has 0 bridgehead atoms. The molecule has 3 aliphatic rings. The number of rotatable bonds is 3. The first-order valence-corrected chi connectivity index (χ1v) is 12.5. The fraction of sp³-hybridized carbons (Fsp3) is 0.200. The van der Waals surface area contributed by atoms with Crippen molar-refractivity contribution < 1.29 is 44.7 Å². The number of aliphatic hydroxyl groups excluding tert-OH is 3. The Bertz CT molecular complexity index is 1770. The number of fused-ring (bicyclic) bond motifs is 4. The Hall–Kier alpha value is -4.80. The minimum absolute atomic E-state index is 0.0803. The quantitative estimate of drug-likeness (QED) is 0.213. The minimum atomic E-state index is -2.89. The molecule has 0 spiro atoms. The zero-order chi connectivity index (χ0) is 28.7. The highest BCUT2D eigenvalue weighted by Gasteiger charge is 2.63. The first kappa shape index (κ1) is 25.5. The first-order chi connectivity index (χ1) is 19.0. The largest absolute Gasteiger partial charge is 0.511 e. The Labute approximate surface area is 226 Å². The van der Waals surface area contributed by atoms with Crippen molar-refractivity contribution in [3.63, 3.8) is 0 Å². The third-order valence-electron chi connectivity index (χ3n) is 8.43. The number of carbonyl (C=O) groups excluding carboxylic acids is 4. The van der Waals surface area contributed by atoms with Crippen molar-refractivity contribution in [2.75, 3.05) is 0 Å². The van der Waals surface area contributed by atoms with Crippen molar-refractivity contribution >= 4 is 34.5 Å². The fourth-order valence-electron chi connectivity index (χ4n) is 6.55. The van der Waals surface area contributed by atoms with Crippen molar-refractivity contribution in [3.8, 4) is 16.9 Å². The summed E-state index contributed by atoms with van der Waals surface area (Å²) in [6.45, 7) is 0. The zero-order valence-corrected chi connectivity index (χ0v) is 20.8. The van der Waals surface area contributed by atoms with Gasteiger partial charge in [-0.25, -0.2) is 0 Å². The van der Waals surface area contributed by atoms with Gasteiger partial charge in [-0.3, -0.25) is 19.2 Å². The van der Waals surface area contributed by atoms with Crippen LogP contribution in [0.25, 0.3) is 21.9 Å². The molecule has 0 aromatic heterocycles. The van der Waals surface area contributed by atoms with E-state index in [0.717, 1.165) is 6.29 Å². The summed E-state index contributed by atoms with van der Waals surface area (Å²) in [6, 6.07) is 13.5. The van der Waals surface area contributed by atoms with Crippen LogP contribution >= 0.6 is 0 Å². The van der Waals surface area contributed by atoms with Crippen LogP contribution in [0.4, 0.5) is 0 Å². The molecule has 10 nitrogen and oxygen atoms in total. The van der Waals surface area contributed by atoms with Crippen molar-refractivity contribution in [1.82, 2.24) is 0 Å². The lowest BCUT2D eigenvalue weighted by molar-refractivity contribution is -0.154. The molecule has 0 radical (unpaired) electrons. The molecule has 3 aromatic carbocycles. The second-order valence-electron chi connectivity index (χ2n) is 10.3. The number of hydrogen-bond donors (Lipinski definition) is 6. The van der Waals surface area contributed by atoms with Gasteiger partial charge in [-0.15, -0.1) is 0 Å². The predicted molar refractivity (Wildman–Crippen MR) is 141 cm³/mol. The number of carbonyl (C=O) groups is 4. The average Bonchev–Trinajstić information content (AvgIpc) is 2.93. The normalized spacial score (nSPS) is 25.9. The Morgan fingerprint density at radius 2 is 1.62 bits per heavy atom. The van der Waals surface area contributed by atoms with Crippen LogP contribution in [0.5, 0.6) is 5.75 Å². The van der Waals surface area contributed by atoms with E-state index in [1.807, 2.05) is 6.07 Å².